The fourth-order valence-electron chi connectivity index (χ4n) is 2.24. The Morgan fingerprint density at radius 1 is 1.14 bits per heavy atom. The minimum absolute atomic E-state index is 0.360. The zero-order valence-electron chi connectivity index (χ0n) is 11.8. The van der Waals surface area contributed by atoms with Gasteiger partial charge in [-0.15, -0.1) is 0 Å². The molecular weight excluding hydrogens is 262 g/mol. The Hall–Kier alpha value is -2.75. The van der Waals surface area contributed by atoms with Gasteiger partial charge in [-0.05, 0) is 30.2 Å². The van der Waals surface area contributed by atoms with Crippen LogP contribution in [0.25, 0.3) is 11.3 Å². The Balaban J connectivity index is 1.70. The molecule has 0 unspecified atom stereocenters. The number of aromatic hydroxyl groups is 1. The molecule has 106 valence electrons. The number of phenolic OH excluding ortho intramolecular Hbond substituents is 1. The lowest BCUT2D eigenvalue weighted by Crippen LogP contribution is -2.00. The van der Waals surface area contributed by atoms with Crippen molar-refractivity contribution in [2.24, 2.45) is 0 Å². The first-order valence-electron chi connectivity index (χ1n) is 6.84. The summed E-state index contributed by atoms with van der Waals surface area (Å²) in [5.41, 5.74) is 4.89. The Labute approximate surface area is 123 Å². The lowest BCUT2D eigenvalue weighted by atomic mass is 10.1. The minimum atomic E-state index is 0.360. The molecule has 21 heavy (non-hydrogen) atoms. The number of rotatable bonds is 4. The van der Waals surface area contributed by atoms with Crippen molar-refractivity contribution in [1.29, 1.82) is 0 Å². The van der Waals surface area contributed by atoms with Crippen LogP contribution in [-0.2, 0) is 6.54 Å². The SMILES string of the molecule is Cc1cccc(CNc2ccc(-c3cnc[nH]3)cc2)c1O. The summed E-state index contributed by atoms with van der Waals surface area (Å²) in [5.74, 6) is 0.360. The largest absolute Gasteiger partial charge is 0.507 e. The van der Waals surface area contributed by atoms with E-state index in [0.29, 0.717) is 12.3 Å². The number of aromatic nitrogens is 2. The van der Waals surface area contributed by atoms with E-state index in [1.807, 2.05) is 49.4 Å². The summed E-state index contributed by atoms with van der Waals surface area (Å²) in [6.07, 6.45) is 3.47. The van der Waals surface area contributed by atoms with E-state index in [9.17, 15) is 5.11 Å². The van der Waals surface area contributed by atoms with E-state index >= 15 is 0 Å². The van der Waals surface area contributed by atoms with Gasteiger partial charge in [-0.1, -0.05) is 30.3 Å². The molecule has 0 bridgehead atoms. The average molecular weight is 279 g/mol. The molecule has 4 nitrogen and oxygen atoms in total. The summed E-state index contributed by atoms with van der Waals surface area (Å²) >= 11 is 0. The lowest BCUT2D eigenvalue weighted by molar-refractivity contribution is 0.465. The van der Waals surface area contributed by atoms with Crippen molar-refractivity contribution >= 4 is 5.69 Å². The molecule has 3 N–H and O–H groups in total. The van der Waals surface area contributed by atoms with Gasteiger partial charge in [0.2, 0.25) is 0 Å². The monoisotopic (exact) mass is 279 g/mol. The van der Waals surface area contributed by atoms with Gasteiger partial charge in [0.25, 0.3) is 0 Å². The fourth-order valence-corrected chi connectivity index (χ4v) is 2.24. The van der Waals surface area contributed by atoms with Gasteiger partial charge in [-0.25, -0.2) is 4.98 Å². The maximum Gasteiger partial charge on any atom is 0.123 e. The van der Waals surface area contributed by atoms with Crippen molar-refractivity contribution in [1.82, 2.24) is 9.97 Å². The van der Waals surface area contributed by atoms with Crippen LogP contribution in [0, 0.1) is 6.92 Å². The molecule has 0 radical (unpaired) electrons. The number of phenols is 1. The molecule has 0 amide bonds. The number of hydrogen-bond donors (Lipinski definition) is 3. The zero-order chi connectivity index (χ0) is 14.7. The highest BCUT2D eigenvalue weighted by molar-refractivity contribution is 5.62. The van der Waals surface area contributed by atoms with Gasteiger partial charge < -0.3 is 15.4 Å². The van der Waals surface area contributed by atoms with E-state index in [2.05, 4.69) is 15.3 Å². The number of anilines is 1. The second kappa shape index (κ2) is 5.71. The molecule has 4 heteroatoms. The van der Waals surface area contributed by atoms with Gasteiger partial charge in [-0.3, -0.25) is 0 Å². The number of aromatic amines is 1. The molecule has 0 aliphatic carbocycles. The van der Waals surface area contributed by atoms with Crippen LogP contribution in [0.4, 0.5) is 5.69 Å². The second-order valence-corrected chi connectivity index (χ2v) is 4.98. The number of hydrogen-bond acceptors (Lipinski definition) is 3. The molecule has 0 aliphatic rings. The maximum absolute atomic E-state index is 9.99. The van der Waals surface area contributed by atoms with Gasteiger partial charge in [0, 0.05) is 17.8 Å². The predicted molar refractivity (Wildman–Crippen MR) is 84.2 cm³/mol. The topological polar surface area (TPSA) is 60.9 Å². The van der Waals surface area contributed by atoms with Crippen LogP contribution in [0.15, 0.2) is 55.0 Å². The summed E-state index contributed by atoms with van der Waals surface area (Å²) in [4.78, 5) is 7.10. The molecule has 0 saturated heterocycles. The van der Waals surface area contributed by atoms with Crippen LogP contribution in [0.3, 0.4) is 0 Å². The molecule has 0 fully saturated rings. The van der Waals surface area contributed by atoms with E-state index in [4.69, 9.17) is 0 Å². The number of nitrogens with zero attached hydrogens (tertiary/aromatic N) is 1. The van der Waals surface area contributed by atoms with Crippen molar-refractivity contribution in [2.45, 2.75) is 13.5 Å². The third-order valence-electron chi connectivity index (χ3n) is 3.50. The van der Waals surface area contributed by atoms with Gasteiger partial charge >= 0.3 is 0 Å². The van der Waals surface area contributed by atoms with E-state index in [1.54, 1.807) is 12.5 Å². The molecule has 0 spiro atoms. The molecule has 2 aromatic carbocycles. The van der Waals surface area contributed by atoms with Gasteiger partial charge in [0.05, 0.1) is 18.2 Å². The number of aryl methyl sites for hydroxylation is 1. The number of nitrogens with one attached hydrogen (secondary N) is 2. The Morgan fingerprint density at radius 2 is 1.95 bits per heavy atom. The van der Waals surface area contributed by atoms with Gasteiger partial charge in [-0.2, -0.15) is 0 Å². The lowest BCUT2D eigenvalue weighted by Gasteiger charge is -2.10. The van der Waals surface area contributed by atoms with Crippen LogP contribution in [0.5, 0.6) is 5.75 Å². The first-order valence-corrected chi connectivity index (χ1v) is 6.84. The van der Waals surface area contributed by atoms with Crippen LogP contribution < -0.4 is 5.32 Å². The molecule has 0 saturated carbocycles. The van der Waals surface area contributed by atoms with Crippen LogP contribution in [-0.4, -0.2) is 15.1 Å². The summed E-state index contributed by atoms with van der Waals surface area (Å²) < 4.78 is 0. The highest BCUT2D eigenvalue weighted by atomic mass is 16.3. The van der Waals surface area contributed by atoms with E-state index in [1.165, 1.54) is 0 Å². The Kier molecular flexibility index (Phi) is 3.60. The molecule has 1 aromatic heterocycles. The number of benzene rings is 2. The standard InChI is InChI=1S/C17H17N3O/c1-12-3-2-4-14(17(12)21)9-19-15-7-5-13(6-8-15)16-10-18-11-20-16/h2-8,10-11,19,21H,9H2,1H3,(H,18,20). The molecule has 0 aliphatic heterocycles. The molecule has 3 rings (SSSR count). The van der Waals surface area contributed by atoms with Gasteiger partial charge in [0.15, 0.2) is 0 Å². The molecule has 3 aromatic rings. The minimum Gasteiger partial charge on any atom is -0.507 e. The smallest absolute Gasteiger partial charge is 0.123 e. The summed E-state index contributed by atoms with van der Waals surface area (Å²) in [6, 6.07) is 13.9. The Bertz CT molecular complexity index is 718. The summed E-state index contributed by atoms with van der Waals surface area (Å²) in [5, 5.41) is 13.3. The van der Waals surface area contributed by atoms with E-state index in [-0.39, 0.29) is 0 Å². The second-order valence-electron chi connectivity index (χ2n) is 4.98. The Morgan fingerprint density at radius 3 is 2.67 bits per heavy atom. The van der Waals surface area contributed by atoms with Crippen molar-refractivity contribution in [3.63, 3.8) is 0 Å². The van der Waals surface area contributed by atoms with E-state index < -0.39 is 0 Å². The highest BCUT2D eigenvalue weighted by Gasteiger charge is 2.04. The molecular formula is C17H17N3O. The third-order valence-corrected chi connectivity index (χ3v) is 3.50. The third kappa shape index (κ3) is 2.89. The van der Waals surface area contributed by atoms with Gasteiger partial charge in [0.1, 0.15) is 5.75 Å². The molecule has 1 heterocycles. The first-order chi connectivity index (χ1) is 10.2. The van der Waals surface area contributed by atoms with E-state index in [0.717, 1.165) is 28.1 Å². The van der Waals surface area contributed by atoms with Crippen molar-refractivity contribution in [3.05, 3.63) is 66.1 Å². The van der Waals surface area contributed by atoms with Crippen LogP contribution in [0.2, 0.25) is 0 Å². The number of H-pyrrole nitrogens is 1. The predicted octanol–water partition coefficient (Wildman–Crippen LogP) is 3.70. The first kappa shape index (κ1) is 13.2. The normalized spacial score (nSPS) is 10.5. The van der Waals surface area contributed by atoms with Crippen LogP contribution >= 0.6 is 0 Å². The maximum atomic E-state index is 9.99. The van der Waals surface area contributed by atoms with Crippen molar-refractivity contribution in [3.8, 4) is 17.0 Å². The highest BCUT2D eigenvalue weighted by Crippen LogP contribution is 2.23. The fraction of sp³-hybridized carbons (Fsp3) is 0.118. The number of imidazole rings is 1. The number of para-hydroxylation sites is 1. The summed E-state index contributed by atoms with van der Waals surface area (Å²) in [7, 11) is 0. The van der Waals surface area contributed by atoms with Crippen molar-refractivity contribution < 1.29 is 5.11 Å². The van der Waals surface area contributed by atoms with Crippen molar-refractivity contribution in [2.75, 3.05) is 5.32 Å². The average Bonchev–Trinajstić information content (AvgIpc) is 3.04. The van der Waals surface area contributed by atoms with Crippen LogP contribution in [0.1, 0.15) is 11.1 Å². The quantitative estimate of drug-likeness (QED) is 0.682. The summed E-state index contributed by atoms with van der Waals surface area (Å²) in [6.45, 7) is 2.49. The zero-order valence-corrected chi connectivity index (χ0v) is 11.8. The molecule has 0 atom stereocenters.